The summed E-state index contributed by atoms with van der Waals surface area (Å²) in [5, 5.41) is 3.46. The van der Waals surface area contributed by atoms with Crippen LogP contribution in [0.2, 0.25) is 0 Å². The van der Waals surface area contributed by atoms with E-state index in [2.05, 4.69) is 42.0 Å². The maximum atomic E-state index is 5.65. The van der Waals surface area contributed by atoms with Crippen molar-refractivity contribution < 1.29 is 14.2 Å². The van der Waals surface area contributed by atoms with Gasteiger partial charge in [-0.05, 0) is 61.3 Å². The van der Waals surface area contributed by atoms with Gasteiger partial charge in [-0.2, -0.15) is 0 Å². The van der Waals surface area contributed by atoms with Crippen LogP contribution in [-0.2, 0) is 11.3 Å². The molecule has 0 atom stereocenters. The molecular weight excluding hydrogens is 322 g/mol. The van der Waals surface area contributed by atoms with Gasteiger partial charge in [-0.3, -0.25) is 0 Å². The van der Waals surface area contributed by atoms with E-state index >= 15 is 0 Å². The molecule has 5 heteroatoms. The third-order valence-corrected chi connectivity index (χ3v) is 3.10. The summed E-state index contributed by atoms with van der Waals surface area (Å²) in [7, 11) is 1.59. The second kappa shape index (κ2) is 7.86. The zero-order valence-electron chi connectivity index (χ0n) is 12.9. The average Bonchev–Trinajstić information content (AvgIpc) is 2.35. The first-order valence-electron chi connectivity index (χ1n) is 6.69. The molecule has 1 N–H and O–H groups in total. The summed E-state index contributed by atoms with van der Waals surface area (Å²) in [5.74, 6) is 1.40. The Morgan fingerprint density at radius 2 is 1.90 bits per heavy atom. The highest BCUT2D eigenvalue weighted by atomic mass is 79.9. The topological polar surface area (TPSA) is 39.7 Å². The molecular formula is C15H24BrNO3. The zero-order chi connectivity index (χ0) is 15.2. The van der Waals surface area contributed by atoms with E-state index in [1.54, 1.807) is 7.11 Å². The molecule has 0 heterocycles. The zero-order valence-corrected chi connectivity index (χ0v) is 14.5. The Kier molecular flexibility index (Phi) is 6.79. The first-order chi connectivity index (χ1) is 9.37. The van der Waals surface area contributed by atoms with Crippen molar-refractivity contribution in [3.05, 3.63) is 22.2 Å². The minimum absolute atomic E-state index is 0.0729. The Labute approximate surface area is 129 Å². The van der Waals surface area contributed by atoms with E-state index in [9.17, 15) is 0 Å². The highest BCUT2D eigenvalue weighted by molar-refractivity contribution is 9.10. The fourth-order valence-electron chi connectivity index (χ4n) is 1.61. The van der Waals surface area contributed by atoms with E-state index in [-0.39, 0.29) is 12.3 Å². The summed E-state index contributed by atoms with van der Waals surface area (Å²) in [5.41, 5.74) is 1.21. The van der Waals surface area contributed by atoms with E-state index in [0.717, 1.165) is 22.3 Å². The number of hydrogen-bond donors (Lipinski definition) is 1. The van der Waals surface area contributed by atoms with Crippen molar-refractivity contribution in [2.24, 2.45) is 0 Å². The van der Waals surface area contributed by atoms with Crippen molar-refractivity contribution in [1.29, 1.82) is 0 Å². The quantitative estimate of drug-likeness (QED) is 0.764. The summed E-state index contributed by atoms with van der Waals surface area (Å²) < 4.78 is 17.0. The maximum Gasteiger partial charge on any atom is 0.188 e. The maximum absolute atomic E-state index is 5.65. The van der Waals surface area contributed by atoms with E-state index in [1.165, 1.54) is 0 Å². The molecule has 114 valence electrons. The van der Waals surface area contributed by atoms with Gasteiger partial charge in [-0.25, -0.2) is 0 Å². The van der Waals surface area contributed by atoms with Gasteiger partial charge in [0.15, 0.2) is 18.3 Å². The van der Waals surface area contributed by atoms with Crippen LogP contribution in [0.3, 0.4) is 0 Å². The van der Waals surface area contributed by atoms with Crippen molar-refractivity contribution in [3.8, 4) is 11.5 Å². The second-order valence-corrected chi connectivity index (χ2v) is 6.35. The number of benzene rings is 1. The van der Waals surface area contributed by atoms with Crippen LogP contribution in [0.4, 0.5) is 0 Å². The molecule has 0 spiro atoms. The lowest BCUT2D eigenvalue weighted by Crippen LogP contribution is -2.35. The van der Waals surface area contributed by atoms with Crippen molar-refractivity contribution >= 4 is 15.9 Å². The lowest BCUT2D eigenvalue weighted by Gasteiger charge is -2.21. The predicted molar refractivity (Wildman–Crippen MR) is 84.4 cm³/mol. The first-order valence-corrected chi connectivity index (χ1v) is 7.48. The van der Waals surface area contributed by atoms with Gasteiger partial charge in [0.05, 0.1) is 11.1 Å². The Hall–Kier alpha value is -0.780. The summed E-state index contributed by atoms with van der Waals surface area (Å²) in [4.78, 5) is 0. The van der Waals surface area contributed by atoms with Crippen LogP contribution in [-0.4, -0.2) is 26.0 Å². The molecule has 0 saturated heterocycles. The van der Waals surface area contributed by atoms with Crippen molar-refractivity contribution in [3.63, 3.8) is 0 Å². The van der Waals surface area contributed by atoms with E-state index in [1.807, 2.05) is 19.1 Å². The van der Waals surface area contributed by atoms with Crippen LogP contribution in [0, 0.1) is 0 Å². The molecule has 0 fully saturated rings. The monoisotopic (exact) mass is 345 g/mol. The van der Waals surface area contributed by atoms with E-state index in [4.69, 9.17) is 14.2 Å². The molecule has 4 nitrogen and oxygen atoms in total. The number of hydrogen-bond acceptors (Lipinski definition) is 4. The summed E-state index contributed by atoms with van der Waals surface area (Å²) >= 11 is 3.53. The molecule has 1 aromatic carbocycles. The molecule has 0 aliphatic rings. The molecule has 1 aromatic rings. The normalized spacial score (nSPS) is 11.5. The minimum Gasteiger partial charge on any atom is -0.490 e. The Morgan fingerprint density at radius 1 is 1.20 bits per heavy atom. The molecule has 0 aromatic heterocycles. The Bertz CT molecular complexity index is 430. The molecule has 0 amide bonds. The minimum atomic E-state index is 0.0729. The van der Waals surface area contributed by atoms with Gasteiger partial charge in [-0.15, -0.1) is 0 Å². The van der Waals surface area contributed by atoms with Crippen LogP contribution >= 0.6 is 15.9 Å². The Morgan fingerprint density at radius 3 is 2.45 bits per heavy atom. The van der Waals surface area contributed by atoms with Crippen LogP contribution in [0.1, 0.15) is 33.3 Å². The average molecular weight is 346 g/mol. The Balaban J connectivity index is 2.93. The molecule has 0 bridgehead atoms. The third-order valence-electron chi connectivity index (χ3n) is 2.51. The van der Waals surface area contributed by atoms with Gasteiger partial charge in [0, 0.05) is 19.2 Å². The molecule has 0 aliphatic heterocycles. The van der Waals surface area contributed by atoms with Gasteiger partial charge in [0.25, 0.3) is 0 Å². The van der Waals surface area contributed by atoms with E-state index in [0.29, 0.717) is 12.4 Å². The second-order valence-electron chi connectivity index (χ2n) is 5.49. The van der Waals surface area contributed by atoms with Crippen LogP contribution in [0.15, 0.2) is 16.6 Å². The standard InChI is InChI=1S/C15H24BrNO3/c1-6-19-13-8-11(9-17-15(2,3)4)7-12(16)14(13)20-10-18-5/h7-8,17H,6,9-10H2,1-5H3. The highest BCUT2D eigenvalue weighted by Crippen LogP contribution is 2.37. The lowest BCUT2D eigenvalue weighted by molar-refractivity contribution is 0.0481. The summed E-state index contributed by atoms with van der Waals surface area (Å²) in [6.07, 6.45) is 0. The van der Waals surface area contributed by atoms with Crippen LogP contribution in [0.5, 0.6) is 11.5 Å². The number of halogens is 1. The van der Waals surface area contributed by atoms with Gasteiger partial charge in [-0.1, -0.05) is 0 Å². The predicted octanol–water partition coefficient (Wildman–Crippen LogP) is 3.72. The fourth-order valence-corrected chi connectivity index (χ4v) is 2.22. The number of ether oxygens (including phenoxy) is 3. The van der Waals surface area contributed by atoms with Gasteiger partial charge in [0.2, 0.25) is 0 Å². The van der Waals surface area contributed by atoms with Crippen molar-refractivity contribution in [1.82, 2.24) is 5.32 Å². The van der Waals surface area contributed by atoms with Crippen molar-refractivity contribution in [2.45, 2.75) is 39.8 Å². The molecule has 20 heavy (non-hydrogen) atoms. The lowest BCUT2D eigenvalue weighted by atomic mass is 10.1. The molecule has 0 aliphatic carbocycles. The van der Waals surface area contributed by atoms with Crippen LogP contribution in [0.25, 0.3) is 0 Å². The number of rotatable bonds is 7. The number of nitrogens with one attached hydrogen (secondary N) is 1. The van der Waals surface area contributed by atoms with Crippen LogP contribution < -0.4 is 14.8 Å². The highest BCUT2D eigenvalue weighted by Gasteiger charge is 2.14. The molecule has 0 saturated carbocycles. The molecule has 1 rings (SSSR count). The summed E-state index contributed by atoms with van der Waals surface area (Å²) in [6, 6.07) is 4.03. The first kappa shape index (κ1) is 17.3. The smallest absolute Gasteiger partial charge is 0.188 e. The van der Waals surface area contributed by atoms with E-state index < -0.39 is 0 Å². The van der Waals surface area contributed by atoms with Crippen molar-refractivity contribution in [2.75, 3.05) is 20.5 Å². The third kappa shape index (κ3) is 5.69. The summed E-state index contributed by atoms with van der Waals surface area (Å²) in [6.45, 7) is 9.93. The van der Waals surface area contributed by atoms with Gasteiger partial charge < -0.3 is 19.5 Å². The molecule has 0 unspecified atom stereocenters. The SMILES string of the molecule is CCOc1cc(CNC(C)(C)C)cc(Br)c1OCOC. The largest absolute Gasteiger partial charge is 0.490 e. The number of methoxy groups -OCH3 is 1. The van der Waals surface area contributed by atoms with Gasteiger partial charge >= 0.3 is 0 Å². The fraction of sp³-hybridized carbons (Fsp3) is 0.600. The van der Waals surface area contributed by atoms with Gasteiger partial charge in [0.1, 0.15) is 0 Å². The molecule has 0 radical (unpaired) electrons.